The molecule has 0 spiro atoms. The van der Waals surface area contributed by atoms with Crippen molar-refractivity contribution in [3.63, 3.8) is 0 Å². The van der Waals surface area contributed by atoms with Crippen LogP contribution >= 0.6 is 0 Å². The largest absolute Gasteiger partial charge is 0.508 e. The molecule has 5 nitrogen and oxygen atoms in total. The minimum absolute atomic E-state index is 0.136. The lowest BCUT2D eigenvalue weighted by atomic mass is 10.2. The first kappa shape index (κ1) is 11.0. The first-order chi connectivity index (χ1) is 7.13. The summed E-state index contributed by atoms with van der Waals surface area (Å²) < 4.78 is 4.36. The maximum Gasteiger partial charge on any atom is 0.350 e. The summed E-state index contributed by atoms with van der Waals surface area (Å²) in [6.45, 7) is 1.86. The van der Waals surface area contributed by atoms with Gasteiger partial charge in [-0.25, -0.2) is 4.79 Å². The number of carbonyl (C=O) groups is 1. The van der Waals surface area contributed by atoms with E-state index >= 15 is 0 Å². The van der Waals surface area contributed by atoms with Crippen LogP contribution in [0, 0.1) is 6.92 Å². The maximum atomic E-state index is 10.7. The molecule has 0 bridgehead atoms. The van der Waals surface area contributed by atoms with Gasteiger partial charge in [0.2, 0.25) is 0 Å². The number of aryl methyl sites for hydroxylation is 1. The van der Waals surface area contributed by atoms with Crippen molar-refractivity contribution in [3.05, 3.63) is 23.8 Å². The summed E-state index contributed by atoms with van der Waals surface area (Å²) in [5.41, 5.74) is 4.17. The van der Waals surface area contributed by atoms with E-state index in [9.17, 15) is 9.90 Å². The molecule has 2 N–H and O–H groups in total. The molecule has 0 aliphatic carbocycles. The Bertz CT molecular complexity index is 388. The van der Waals surface area contributed by atoms with E-state index in [2.05, 4.69) is 15.3 Å². The van der Waals surface area contributed by atoms with Crippen molar-refractivity contribution in [3.8, 4) is 5.75 Å². The second kappa shape index (κ2) is 4.99. The molecule has 5 heteroatoms. The normalized spacial score (nSPS) is 10.3. The molecule has 1 aromatic rings. The van der Waals surface area contributed by atoms with Gasteiger partial charge >= 0.3 is 5.97 Å². The summed E-state index contributed by atoms with van der Waals surface area (Å²) in [4.78, 5) is 10.7. The van der Waals surface area contributed by atoms with Gasteiger partial charge in [-0.05, 0) is 18.6 Å². The molecule has 0 amide bonds. The Kier molecular flexibility index (Phi) is 3.68. The second-order valence-electron chi connectivity index (χ2n) is 2.89. The van der Waals surface area contributed by atoms with Crippen molar-refractivity contribution < 1.29 is 14.6 Å². The zero-order chi connectivity index (χ0) is 11.3. The van der Waals surface area contributed by atoms with Gasteiger partial charge in [-0.15, -0.1) is 0 Å². The van der Waals surface area contributed by atoms with Crippen LogP contribution in [-0.2, 0) is 9.53 Å². The highest BCUT2D eigenvalue weighted by Crippen LogP contribution is 2.20. The van der Waals surface area contributed by atoms with Gasteiger partial charge in [0.05, 0.1) is 12.8 Å². The fraction of sp³-hybridized carbons (Fsp3) is 0.200. The first-order valence-electron chi connectivity index (χ1n) is 4.30. The van der Waals surface area contributed by atoms with Gasteiger partial charge in [0.25, 0.3) is 0 Å². The van der Waals surface area contributed by atoms with E-state index in [-0.39, 0.29) is 5.75 Å². The second-order valence-corrected chi connectivity index (χ2v) is 2.89. The van der Waals surface area contributed by atoms with Gasteiger partial charge < -0.3 is 9.84 Å². The van der Waals surface area contributed by atoms with Crippen molar-refractivity contribution in [1.29, 1.82) is 0 Å². The number of carbonyl (C=O) groups excluding carboxylic acids is 1. The fourth-order valence-electron chi connectivity index (χ4n) is 0.938. The van der Waals surface area contributed by atoms with Gasteiger partial charge in [0.1, 0.15) is 12.0 Å². The number of hydrazone groups is 1. The molecule has 1 aromatic carbocycles. The van der Waals surface area contributed by atoms with Gasteiger partial charge in [0, 0.05) is 6.07 Å². The molecule has 0 aliphatic heterocycles. The Labute approximate surface area is 87.4 Å². The number of hydrogen-bond donors (Lipinski definition) is 2. The molecule has 0 atom stereocenters. The first-order valence-corrected chi connectivity index (χ1v) is 4.30. The van der Waals surface area contributed by atoms with Crippen LogP contribution in [0.25, 0.3) is 0 Å². The summed E-state index contributed by atoms with van der Waals surface area (Å²) in [6.07, 6.45) is 1.02. The summed E-state index contributed by atoms with van der Waals surface area (Å²) in [6, 6.07) is 4.83. The van der Waals surface area contributed by atoms with Crippen LogP contribution in [0.15, 0.2) is 23.3 Å². The van der Waals surface area contributed by atoms with E-state index in [0.717, 1.165) is 11.8 Å². The Morgan fingerprint density at radius 2 is 2.33 bits per heavy atom. The van der Waals surface area contributed by atoms with E-state index in [1.54, 1.807) is 12.1 Å². The molecule has 80 valence electrons. The summed E-state index contributed by atoms with van der Waals surface area (Å²) in [5.74, 6) is -0.406. The number of ether oxygens (including phenoxy) is 1. The van der Waals surface area contributed by atoms with Crippen LogP contribution in [0.5, 0.6) is 5.75 Å². The number of hydrogen-bond acceptors (Lipinski definition) is 5. The molecule has 0 aromatic heterocycles. The molecule has 1 rings (SSSR count). The Morgan fingerprint density at radius 3 is 3.00 bits per heavy atom. The summed E-state index contributed by atoms with van der Waals surface area (Å²) in [7, 11) is 1.27. The number of phenolic OH excluding ortho intramolecular Hbond substituents is 1. The Morgan fingerprint density at radius 1 is 1.60 bits per heavy atom. The van der Waals surface area contributed by atoms with Gasteiger partial charge in [0.15, 0.2) is 0 Å². The van der Waals surface area contributed by atoms with Crippen LogP contribution in [0.2, 0.25) is 0 Å². The van der Waals surface area contributed by atoms with Crippen LogP contribution < -0.4 is 5.43 Å². The van der Waals surface area contributed by atoms with Crippen LogP contribution in [-0.4, -0.2) is 24.4 Å². The summed E-state index contributed by atoms with van der Waals surface area (Å²) >= 11 is 0. The Hall–Kier alpha value is -2.04. The number of aromatic hydroxyl groups is 1. The topological polar surface area (TPSA) is 70.9 Å². The smallest absolute Gasteiger partial charge is 0.350 e. The summed E-state index contributed by atoms with van der Waals surface area (Å²) in [5, 5.41) is 12.9. The molecule has 0 heterocycles. The maximum absolute atomic E-state index is 10.7. The van der Waals surface area contributed by atoms with Crippen LogP contribution in [0.4, 0.5) is 5.69 Å². The van der Waals surface area contributed by atoms with Crippen molar-refractivity contribution in [1.82, 2.24) is 0 Å². The van der Waals surface area contributed by atoms with E-state index in [0.29, 0.717) is 5.69 Å². The van der Waals surface area contributed by atoms with E-state index in [4.69, 9.17) is 0 Å². The Balaban J connectivity index is 2.68. The SMILES string of the molecule is COC(=O)/C=N/Nc1cc(O)ccc1C. The highest BCUT2D eigenvalue weighted by atomic mass is 16.5. The van der Waals surface area contributed by atoms with Gasteiger partial charge in [-0.1, -0.05) is 6.07 Å². The lowest BCUT2D eigenvalue weighted by molar-refractivity contribution is -0.132. The number of phenols is 1. The fourth-order valence-corrected chi connectivity index (χ4v) is 0.938. The minimum Gasteiger partial charge on any atom is -0.508 e. The predicted octanol–water partition coefficient (Wildman–Crippen LogP) is 1.27. The standard InChI is InChI=1S/C10H12N2O3/c1-7-3-4-8(13)5-9(7)12-11-6-10(14)15-2/h3-6,12-13H,1-2H3/b11-6+. The molecule has 0 unspecified atom stereocenters. The van der Waals surface area contributed by atoms with Crippen molar-refractivity contribution in [2.75, 3.05) is 12.5 Å². The quantitative estimate of drug-likeness (QED) is 0.446. The van der Waals surface area contributed by atoms with E-state index in [1.165, 1.54) is 13.2 Å². The van der Waals surface area contributed by atoms with Crippen molar-refractivity contribution in [2.45, 2.75) is 6.92 Å². The predicted molar refractivity (Wildman–Crippen MR) is 57.0 cm³/mol. The number of anilines is 1. The number of esters is 1. The van der Waals surface area contributed by atoms with E-state index in [1.807, 2.05) is 6.92 Å². The lowest BCUT2D eigenvalue weighted by Gasteiger charge is -2.04. The lowest BCUT2D eigenvalue weighted by Crippen LogP contribution is -2.03. The number of benzene rings is 1. The molecular formula is C10H12N2O3. The molecule has 0 saturated carbocycles. The third-order valence-electron chi connectivity index (χ3n) is 1.78. The number of nitrogens with one attached hydrogen (secondary N) is 1. The molecule has 0 radical (unpaired) electrons. The third kappa shape index (κ3) is 3.30. The van der Waals surface area contributed by atoms with E-state index < -0.39 is 5.97 Å². The minimum atomic E-state index is -0.541. The van der Waals surface area contributed by atoms with Crippen molar-refractivity contribution in [2.24, 2.45) is 5.10 Å². The molecule has 0 fully saturated rings. The zero-order valence-corrected chi connectivity index (χ0v) is 8.52. The van der Waals surface area contributed by atoms with Crippen LogP contribution in [0.1, 0.15) is 5.56 Å². The molecular weight excluding hydrogens is 196 g/mol. The highest BCUT2D eigenvalue weighted by Gasteiger charge is 1.98. The average molecular weight is 208 g/mol. The number of nitrogens with zero attached hydrogens (tertiary/aromatic N) is 1. The monoisotopic (exact) mass is 208 g/mol. The highest BCUT2D eigenvalue weighted by molar-refractivity contribution is 6.23. The molecule has 0 saturated heterocycles. The third-order valence-corrected chi connectivity index (χ3v) is 1.78. The zero-order valence-electron chi connectivity index (χ0n) is 8.52. The molecule has 0 aliphatic rings. The van der Waals surface area contributed by atoms with Crippen LogP contribution in [0.3, 0.4) is 0 Å². The average Bonchev–Trinajstić information content (AvgIpc) is 2.23. The molecule has 15 heavy (non-hydrogen) atoms. The van der Waals surface area contributed by atoms with Crippen molar-refractivity contribution >= 4 is 17.9 Å². The number of methoxy groups -OCH3 is 1. The van der Waals surface area contributed by atoms with Gasteiger partial charge in [-0.2, -0.15) is 5.10 Å². The van der Waals surface area contributed by atoms with Gasteiger partial charge in [-0.3, -0.25) is 5.43 Å². The number of rotatable bonds is 3.